The fourth-order valence-corrected chi connectivity index (χ4v) is 3.32. The van der Waals surface area contributed by atoms with Gasteiger partial charge in [0, 0.05) is 37.6 Å². The number of hydrogen-bond donors (Lipinski definition) is 2. The molecular weight excluding hydrogens is 355 g/mol. The summed E-state index contributed by atoms with van der Waals surface area (Å²) >= 11 is 1.26. The Morgan fingerprint density at radius 2 is 2.12 bits per heavy atom. The SMILES string of the molecule is COc1cccc(SCC(=O)NCC(N2CCNCC2)C(F)(F)F)c1. The molecule has 0 radical (unpaired) electrons. The van der Waals surface area contributed by atoms with E-state index in [2.05, 4.69) is 10.6 Å². The molecule has 0 bridgehead atoms. The van der Waals surface area contributed by atoms with Crippen LogP contribution in [0.4, 0.5) is 13.2 Å². The zero-order valence-electron chi connectivity index (χ0n) is 13.9. The molecule has 0 spiro atoms. The Hall–Kier alpha value is -1.45. The van der Waals surface area contributed by atoms with E-state index in [1.165, 1.54) is 16.7 Å². The normalized spacial score (nSPS) is 17.1. The molecule has 0 saturated carbocycles. The number of nitrogens with zero attached hydrogens (tertiary/aromatic N) is 1. The maximum atomic E-state index is 13.3. The molecule has 1 atom stereocenters. The van der Waals surface area contributed by atoms with Gasteiger partial charge in [-0.2, -0.15) is 13.2 Å². The van der Waals surface area contributed by atoms with Gasteiger partial charge >= 0.3 is 6.18 Å². The standard InChI is InChI=1S/C16H22F3N3O2S/c1-24-12-3-2-4-13(9-12)25-11-15(23)21-10-14(16(17,18)19)22-7-5-20-6-8-22/h2-4,9,14,20H,5-8,10-11H2,1H3,(H,21,23). The Labute approximate surface area is 149 Å². The zero-order chi connectivity index (χ0) is 18.3. The number of amides is 1. The predicted molar refractivity (Wildman–Crippen MR) is 91.0 cm³/mol. The number of methoxy groups -OCH3 is 1. The first-order chi connectivity index (χ1) is 11.9. The molecule has 1 heterocycles. The third-order valence-electron chi connectivity index (χ3n) is 3.87. The number of nitrogens with one attached hydrogen (secondary N) is 2. The summed E-state index contributed by atoms with van der Waals surface area (Å²) in [6.45, 7) is 1.25. The fraction of sp³-hybridized carbons (Fsp3) is 0.562. The van der Waals surface area contributed by atoms with Gasteiger partial charge in [0.1, 0.15) is 11.8 Å². The van der Waals surface area contributed by atoms with Crippen molar-refractivity contribution in [1.82, 2.24) is 15.5 Å². The number of thioether (sulfide) groups is 1. The number of carbonyl (C=O) groups excluding carboxylic acids is 1. The van der Waals surface area contributed by atoms with Gasteiger partial charge in [-0.1, -0.05) is 6.07 Å². The van der Waals surface area contributed by atoms with Gasteiger partial charge in [-0.15, -0.1) is 11.8 Å². The highest BCUT2D eigenvalue weighted by Gasteiger charge is 2.43. The van der Waals surface area contributed by atoms with Gasteiger partial charge in [-0.25, -0.2) is 0 Å². The van der Waals surface area contributed by atoms with Gasteiger partial charge in [0.15, 0.2) is 0 Å². The number of carbonyl (C=O) groups is 1. The largest absolute Gasteiger partial charge is 0.497 e. The summed E-state index contributed by atoms with van der Waals surface area (Å²) in [5.74, 6) is 0.303. The minimum atomic E-state index is -4.37. The van der Waals surface area contributed by atoms with Crippen molar-refractivity contribution in [1.29, 1.82) is 0 Å². The second-order valence-corrected chi connectivity index (χ2v) is 6.66. The number of piperazine rings is 1. The lowest BCUT2D eigenvalue weighted by molar-refractivity contribution is -0.183. The molecule has 1 aliphatic heterocycles. The Bertz CT molecular complexity index is 566. The first-order valence-electron chi connectivity index (χ1n) is 7.95. The Balaban J connectivity index is 1.83. The van der Waals surface area contributed by atoms with E-state index in [1.807, 2.05) is 6.07 Å². The van der Waals surface area contributed by atoms with Gasteiger partial charge < -0.3 is 15.4 Å². The molecule has 2 N–H and O–H groups in total. The second-order valence-electron chi connectivity index (χ2n) is 5.62. The van der Waals surface area contributed by atoms with Crippen molar-refractivity contribution >= 4 is 17.7 Å². The van der Waals surface area contributed by atoms with E-state index in [0.29, 0.717) is 31.9 Å². The molecule has 140 valence electrons. The summed E-state index contributed by atoms with van der Waals surface area (Å²) in [7, 11) is 1.55. The van der Waals surface area contributed by atoms with Crippen LogP contribution >= 0.6 is 11.8 Å². The third-order valence-corrected chi connectivity index (χ3v) is 4.87. The monoisotopic (exact) mass is 377 g/mol. The smallest absolute Gasteiger partial charge is 0.405 e. The molecule has 1 aliphatic rings. The van der Waals surface area contributed by atoms with E-state index in [1.54, 1.807) is 25.3 Å². The molecule has 0 aromatic heterocycles. The summed E-state index contributed by atoms with van der Waals surface area (Å²) < 4.78 is 44.9. The minimum absolute atomic E-state index is 0.0549. The molecule has 1 aromatic rings. The average Bonchev–Trinajstić information content (AvgIpc) is 2.60. The molecule has 9 heteroatoms. The van der Waals surface area contributed by atoms with Crippen molar-refractivity contribution in [2.24, 2.45) is 0 Å². The molecule has 2 rings (SSSR count). The Kier molecular flexibility index (Phi) is 7.39. The summed E-state index contributed by atoms with van der Waals surface area (Å²) in [4.78, 5) is 14.1. The summed E-state index contributed by atoms with van der Waals surface area (Å²) in [5.41, 5.74) is 0. The lowest BCUT2D eigenvalue weighted by atomic mass is 10.2. The molecule has 0 aliphatic carbocycles. The van der Waals surface area contributed by atoms with Crippen LogP contribution in [0.15, 0.2) is 29.2 Å². The van der Waals surface area contributed by atoms with Crippen molar-refractivity contribution < 1.29 is 22.7 Å². The number of hydrogen-bond acceptors (Lipinski definition) is 5. The minimum Gasteiger partial charge on any atom is -0.497 e. The van der Waals surface area contributed by atoms with E-state index in [0.717, 1.165) is 4.90 Å². The fourth-order valence-electron chi connectivity index (χ4n) is 2.55. The quantitative estimate of drug-likeness (QED) is 0.709. The van der Waals surface area contributed by atoms with Gasteiger partial charge in [0.2, 0.25) is 5.91 Å². The van der Waals surface area contributed by atoms with Crippen LogP contribution in [0.1, 0.15) is 0 Å². The van der Waals surface area contributed by atoms with Crippen LogP contribution in [0.2, 0.25) is 0 Å². The molecule has 1 fully saturated rings. The van der Waals surface area contributed by atoms with Crippen molar-refractivity contribution in [2.75, 3.05) is 45.6 Å². The Morgan fingerprint density at radius 1 is 1.40 bits per heavy atom. The van der Waals surface area contributed by atoms with Gasteiger partial charge in [0.25, 0.3) is 0 Å². The highest BCUT2D eigenvalue weighted by Crippen LogP contribution is 2.25. The van der Waals surface area contributed by atoms with E-state index >= 15 is 0 Å². The number of halogens is 3. The molecule has 1 unspecified atom stereocenters. The lowest BCUT2D eigenvalue weighted by Crippen LogP contribution is -2.57. The van der Waals surface area contributed by atoms with E-state index in [9.17, 15) is 18.0 Å². The lowest BCUT2D eigenvalue weighted by Gasteiger charge is -2.35. The van der Waals surface area contributed by atoms with E-state index in [-0.39, 0.29) is 5.75 Å². The molecule has 5 nitrogen and oxygen atoms in total. The first kappa shape index (κ1) is 19.9. The summed E-state index contributed by atoms with van der Waals surface area (Å²) in [6, 6.07) is 5.52. The van der Waals surface area contributed by atoms with Crippen LogP contribution in [0.5, 0.6) is 5.75 Å². The maximum absolute atomic E-state index is 13.3. The van der Waals surface area contributed by atoms with Crippen molar-refractivity contribution in [3.63, 3.8) is 0 Å². The third kappa shape index (κ3) is 6.41. The second kappa shape index (κ2) is 9.30. The molecule has 1 saturated heterocycles. The van der Waals surface area contributed by atoms with Crippen LogP contribution in [-0.2, 0) is 4.79 Å². The first-order valence-corrected chi connectivity index (χ1v) is 8.93. The van der Waals surface area contributed by atoms with Gasteiger partial charge in [-0.3, -0.25) is 9.69 Å². The highest BCUT2D eigenvalue weighted by molar-refractivity contribution is 8.00. The molecule has 25 heavy (non-hydrogen) atoms. The van der Waals surface area contributed by atoms with Crippen molar-refractivity contribution in [3.05, 3.63) is 24.3 Å². The van der Waals surface area contributed by atoms with Crippen LogP contribution in [0.3, 0.4) is 0 Å². The van der Waals surface area contributed by atoms with Crippen LogP contribution in [-0.4, -0.2) is 68.6 Å². The number of rotatable bonds is 7. The predicted octanol–water partition coefficient (Wildman–Crippen LogP) is 1.74. The van der Waals surface area contributed by atoms with Crippen LogP contribution in [0, 0.1) is 0 Å². The van der Waals surface area contributed by atoms with Crippen LogP contribution < -0.4 is 15.4 Å². The van der Waals surface area contributed by atoms with Gasteiger partial charge in [0.05, 0.1) is 12.9 Å². The van der Waals surface area contributed by atoms with E-state index in [4.69, 9.17) is 4.74 Å². The van der Waals surface area contributed by atoms with Crippen LogP contribution in [0.25, 0.3) is 0 Å². The number of benzene rings is 1. The molecular formula is C16H22F3N3O2S. The maximum Gasteiger partial charge on any atom is 0.405 e. The average molecular weight is 377 g/mol. The Morgan fingerprint density at radius 3 is 2.76 bits per heavy atom. The number of alkyl halides is 3. The summed E-state index contributed by atoms with van der Waals surface area (Å²) in [5, 5.41) is 5.44. The topological polar surface area (TPSA) is 53.6 Å². The van der Waals surface area contributed by atoms with Crippen molar-refractivity contribution in [3.8, 4) is 5.75 Å². The number of ether oxygens (including phenoxy) is 1. The van der Waals surface area contributed by atoms with Crippen molar-refractivity contribution in [2.45, 2.75) is 17.1 Å². The zero-order valence-corrected chi connectivity index (χ0v) is 14.8. The van der Waals surface area contributed by atoms with Gasteiger partial charge in [-0.05, 0) is 18.2 Å². The molecule has 1 amide bonds. The molecule has 1 aromatic carbocycles. The summed E-state index contributed by atoms with van der Waals surface area (Å²) in [6.07, 6.45) is -4.37. The van der Waals surface area contributed by atoms with E-state index < -0.39 is 24.7 Å². The highest BCUT2D eigenvalue weighted by atomic mass is 32.2.